The first kappa shape index (κ1) is 13.8. The predicted octanol–water partition coefficient (Wildman–Crippen LogP) is 2.65. The molecule has 0 amide bonds. The van der Waals surface area contributed by atoms with E-state index in [2.05, 4.69) is 25.6 Å². The van der Waals surface area contributed by atoms with Crippen molar-refractivity contribution in [1.29, 1.82) is 5.26 Å². The van der Waals surface area contributed by atoms with E-state index < -0.39 is 15.3 Å². The first-order valence-electron chi connectivity index (χ1n) is 5.39. The molecular weight excluding hydrogens is 330 g/mol. The van der Waals surface area contributed by atoms with Gasteiger partial charge in [-0.15, -0.1) is 0 Å². The third kappa shape index (κ3) is 2.85. The summed E-state index contributed by atoms with van der Waals surface area (Å²) in [6, 6.07) is 8.72. The summed E-state index contributed by atoms with van der Waals surface area (Å²) >= 11 is 3.31. The Balaban J connectivity index is 2.51. The zero-order valence-corrected chi connectivity index (χ0v) is 12.4. The fraction of sp³-hybridized carbons (Fsp3) is 0.167. The zero-order chi connectivity index (χ0) is 14.0. The molecule has 98 valence electrons. The normalized spacial score (nSPS) is 12.9. The number of aromatic nitrogens is 1. The third-order valence-electron chi connectivity index (χ3n) is 2.58. The molecule has 0 spiro atoms. The van der Waals surface area contributed by atoms with E-state index in [0.717, 1.165) is 9.86 Å². The molecule has 0 aliphatic carbocycles. The van der Waals surface area contributed by atoms with Crippen LogP contribution < -0.4 is 4.72 Å². The molecule has 0 saturated heterocycles. The minimum absolute atomic E-state index is 0.368. The molecule has 2 aromatic rings. The summed E-state index contributed by atoms with van der Waals surface area (Å²) in [5, 5.41) is 8.39. The molecular formula is C12H10BrN3O2S. The smallest absolute Gasteiger partial charge is 0.248 e. The highest BCUT2D eigenvalue weighted by atomic mass is 79.9. The van der Waals surface area contributed by atoms with E-state index in [1.165, 1.54) is 6.92 Å². The van der Waals surface area contributed by atoms with Crippen LogP contribution in [-0.2, 0) is 10.0 Å². The summed E-state index contributed by atoms with van der Waals surface area (Å²) in [5.41, 5.74) is 0.909. The molecule has 1 N–H and O–H groups in total. The molecule has 1 aromatic heterocycles. The molecule has 0 saturated carbocycles. The number of pyridine rings is 1. The van der Waals surface area contributed by atoms with E-state index in [1.54, 1.807) is 24.4 Å². The van der Waals surface area contributed by atoms with Gasteiger partial charge in [0.15, 0.2) is 5.25 Å². The lowest BCUT2D eigenvalue weighted by Crippen LogP contribution is -2.24. The molecule has 0 fully saturated rings. The Morgan fingerprint density at radius 2 is 2.21 bits per heavy atom. The molecule has 1 unspecified atom stereocenters. The average Bonchev–Trinajstić information content (AvgIpc) is 2.37. The number of benzene rings is 1. The minimum Gasteiger partial charge on any atom is -0.280 e. The molecule has 19 heavy (non-hydrogen) atoms. The lowest BCUT2D eigenvalue weighted by atomic mass is 10.2. The summed E-state index contributed by atoms with van der Waals surface area (Å²) in [5.74, 6) is 0. The van der Waals surface area contributed by atoms with Crippen molar-refractivity contribution in [1.82, 2.24) is 4.98 Å². The molecule has 0 aliphatic rings. The molecule has 0 bridgehead atoms. The van der Waals surface area contributed by atoms with Crippen LogP contribution in [0.25, 0.3) is 10.9 Å². The standard InChI is InChI=1S/C12H10BrN3O2S/c1-8(6-14)19(17,18)16-11-4-2-3-9-5-10(13)7-15-12(9)11/h2-5,7-8,16H,1H3. The highest BCUT2D eigenvalue weighted by molar-refractivity contribution is 9.10. The number of fused-ring (bicyclic) bond motifs is 1. The Kier molecular flexibility index (Phi) is 3.73. The SMILES string of the molecule is CC(C#N)S(=O)(=O)Nc1cccc2cc(Br)cnc12. The monoisotopic (exact) mass is 339 g/mol. The van der Waals surface area contributed by atoms with Gasteiger partial charge in [-0.2, -0.15) is 5.26 Å². The highest BCUT2D eigenvalue weighted by Crippen LogP contribution is 2.25. The van der Waals surface area contributed by atoms with Crippen LogP contribution >= 0.6 is 15.9 Å². The van der Waals surface area contributed by atoms with Crippen LogP contribution in [0.2, 0.25) is 0 Å². The van der Waals surface area contributed by atoms with E-state index in [9.17, 15) is 8.42 Å². The quantitative estimate of drug-likeness (QED) is 0.931. The van der Waals surface area contributed by atoms with E-state index in [-0.39, 0.29) is 0 Å². The lowest BCUT2D eigenvalue weighted by molar-refractivity contribution is 0.597. The van der Waals surface area contributed by atoms with Crippen molar-refractivity contribution in [2.75, 3.05) is 4.72 Å². The van der Waals surface area contributed by atoms with Gasteiger partial charge in [0.2, 0.25) is 10.0 Å². The van der Waals surface area contributed by atoms with Crippen LogP contribution in [-0.4, -0.2) is 18.7 Å². The van der Waals surface area contributed by atoms with E-state index >= 15 is 0 Å². The number of halogens is 1. The van der Waals surface area contributed by atoms with Crippen molar-refractivity contribution < 1.29 is 8.42 Å². The van der Waals surface area contributed by atoms with Crippen LogP contribution in [0.1, 0.15) is 6.92 Å². The van der Waals surface area contributed by atoms with Gasteiger partial charge in [-0.05, 0) is 35.0 Å². The summed E-state index contributed by atoms with van der Waals surface area (Å²) in [7, 11) is -3.73. The second kappa shape index (κ2) is 5.15. The van der Waals surface area contributed by atoms with Gasteiger partial charge in [0.05, 0.1) is 17.3 Å². The Hall–Kier alpha value is -1.65. The maximum atomic E-state index is 11.9. The maximum Gasteiger partial charge on any atom is 0.248 e. The number of nitrogens with zero attached hydrogens (tertiary/aromatic N) is 2. The van der Waals surface area contributed by atoms with Crippen LogP contribution in [0.3, 0.4) is 0 Å². The van der Waals surface area contributed by atoms with Crippen LogP contribution in [0.4, 0.5) is 5.69 Å². The first-order valence-corrected chi connectivity index (χ1v) is 7.73. The Morgan fingerprint density at radius 1 is 1.47 bits per heavy atom. The minimum atomic E-state index is -3.73. The summed E-state index contributed by atoms with van der Waals surface area (Å²) in [6.07, 6.45) is 1.59. The fourth-order valence-electron chi connectivity index (χ4n) is 1.53. The number of nitriles is 1. The largest absolute Gasteiger partial charge is 0.280 e. The van der Waals surface area contributed by atoms with Gasteiger partial charge in [0.25, 0.3) is 0 Å². The average molecular weight is 340 g/mol. The van der Waals surface area contributed by atoms with Crippen molar-refractivity contribution in [2.24, 2.45) is 0 Å². The van der Waals surface area contributed by atoms with Crippen molar-refractivity contribution in [3.63, 3.8) is 0 Å². The molecule has 1 atom stereocenters. The van der Waals surface area contributed by atoms with Crippen LogP contribution in [0, 0.1) is 11.3 Å². The maximum absolute atomic E-state index is 11.9. The van der Waals surface area contributed by atoms with Gasteiger partial charge in [-0.1, -0.05) is 12.1 Å². The van der Waals surface area contributed by atoms with Gasteiger partial charge >= 0.3 is 0 Å². The van der Waals surface area contributed by atoms with Gasteiger partial charge in [0, 0.05) is 16.1 Å². The summed E-state index contributed by atoms with van der Waals surface area (Å²) in [6.45, 7) is 1.33. The summed E-state index contributed by atoms with van der Waals surface area (Å²) < 4.78 is 27.0. The Labute approximate surface area is 119 Å². The fourth-order valence-corrected chi connectivity index (χ4v) is 2.66. The number of hydrogen-bond donors (Lipinski definition) is 1. The molecule has 0 radical (unpaired) electrons. The highest BCUT2D eigenvalue weighted by Gasteiger charge is 2.21. The molecule has 2 rings (SSSR count). The predicted molar refractivity (Wildman–Crippen MR) is 77.1 cm³/mol. The number of sulfonamides is 1. The van der Waals surface area contributed by atoms with E-state index in [1.807, 2.05) is 12.1 Å². The van der Waals surface area contributed by atoms with Crippen molar-refractivity contribution in [3.8, 4) is 6.07 Å². The third-order valence-corrected chi connectivity index (χ3v) is 4.55. The number of para-hydroxylation sites is 1. The summed E-state index contributed by atoms with van der Waals surface area (Å²) in [4.78, 5) is 4.19. The van der Waals surface area contributed by atoms with Crippen molar-refractivity contribution in [2.45, 2.75) is 12.2 Å². The Bertz CT molecular complexity index is 768. The first-order chi connectivity index (χ1) is 8.94. The second-order valence-electron chi connectivity index (χ2n) is 3.95. The van der Waals surface area contributed by atoms with Crippen molar-refractivity contribution >= 4 is 42.5 Å². The molecule has 5 nitrogen and oxygen atoms in total. The van der Waals surface area contributed by atoms with Gasteiger partial charge in [0.1, 0.15) is 0 Å². The second-order valence-corrected chi connectivity index (χ2v) is 6.87. The van der Waals surface area contributed by atoms with Gasteiger partial charge in [-0.25, -0.2) is 8.42 Å². The van der Waals surface area contributed by atoms with Gasteiger partial charge in [-0.3, -0.25) is 9.71 Å². The lowest BCUT2D eigenvalue weighted by Gasteiger charge is -2.11. The number of anilines is 1. The Morgan fingerprint density at radius 3 is 2.89 bits per heavy atom. The molecule has 1 heterocycles. The van der Waals surface area contributed by atoms with Crippen LogP contribution in [0.15, 0.2) is 34.9 Å². The number of rotatable bonds is 3. The number of hydrogen-bond acceptors (Lipinski definition) is 4. The zero-order valence-electron chi connectivity index (χ0n) is 9.96. The molecule has 1 aromatic carbocycles. The van der Waals surface area contributed by atoms with Crippen LogP contribution in [0.5, 0.6) is 0 Å². The van der Waals surface area contributed by atoms with Gasteiger partial charge < -0.3 is 0 Å². The number of nitrogens with one attached hydrogen (secondary N) is 1. The topological polar surface area (TPSA) is 82.8 Å². The van der Waals surface area contributed by atoms with Crippen molar-refractivity contribution in [3.05, 3.63) is 34.9 Å². The molecule has 7 heteroatoms. The van der Waals surface area contributed by atoms with E-state index in [4.69, 9.17) is 5.26 Å². The van der Waals surface area contributed by atoms with E-state index in [0.29, 0.717) is 11.2 Å². The molecule has 0 aliphatic heterocycles.